The van der Waals surface area contributed by atoms with E-state index in [-0.39, 0.29) is 24.4 Å². The van der Waals surface area contributed by atoms with Gasteiger partial charge in [-0.15, -0.1) is 0 Å². The number of carbonyl (C=O) groups excluding carboxylic acids is 2. The van der Waals surface area contributed by atoms with Crippen molar-refractivity contribution in [2.75, 3.05) is 39.3 Å². The lowest BCUT2D eigenvalue weighted by Gasteiger charge is -2.39. The predicted molar refractivity (Wildman–Crippen MR) is 108 cm³/mol. The first-order valence-electron chi connectivity index (χ1n) is 9.62. The van der Waals surface area contributed by atoms with Crippen LogP contribution in [0.25, 0.3) is 0 Å². The normalized spacial score (nSPS) is 15.7. The van der Waals surface area contributed by atoms with Gasteiger partial charge in [0.05, 0.1) is 12.6 Å². The zero-order valence-corrected chi connectivity index (χ0v) is 16.2. The lowest BCUT2D eigenvalue weighted by molar-refractivity contribution is -0.134. The van der Waals surface area contributed by atoms with Crippen LogP contribution in [0.15, 0.2) is 60.7 Å². The van der Waals surface area contributed by atoms with E-state index in [1.807, 2.05) is 53.4 Å². The van der Waals surface area contributed by atoms with Crippen LogP contribution in [-0.2, 0) is 9.59 Å². The van der Waals surface area contributed by atoms with Crippen LogP contribution in [-0.4, -0.2) is 60.9 Å². The number of benzene rings is 2. The Kier molecular flexibility index (Phi) is 7.03. The molecule has 1 N–H and O–H groups in total. The van der Waals surface area contributed by atoms with Crippen LogP contribution >= 0.6 is 0 Å². The summed E-state index contributed by atoms with van der Waals surface area (Å²) in [7, 11) is 0. The van der Waals surface area contributed by atoms with Crippen molar-refractivity contribution in [3.8, 4) is 5.75 Å². The van der Waals surface area contributed by atoms with Gasteiger partial charge >= 0.3 is 0 Å². The van der Waals surface area contributed by atoms with Crippen molar-refractivity contribution >= 4 is 11.8 Å². The number of carbonyl (C=O) groups is 2. The first-order chi connectivity index (χ1) is 13.6. The van der Waals surface area contributed by atoms with E-state index in [1.165, 1.54) is 12.5 Å². The first-order valence-corrected chi connectivity index (χ1v) is 9.62. The molecular weight excluding hydrogens is 354 g/mol. The molecule has 1 atom stereocenters. The third-order valence-corrected chi connectivity index (χ3v) is 4.93. The van der Waals surface area contributed by atoms with Crippen molar-refractivity contribution in [3.63, 3.8) is 0 Å². The van der Waals surface area contributed by atoms with E-state index in [1.54, 1.807) is 0 Å². The van der Waals surface area contributed by atoms with Crippen LogP contribution in [0.4, 0.5) is 0 Å². The van der Waals surface area contributed by atoms with Gasteiger partial charge in [-0.2, -0.15) is 0 Å². The maximum atomic E-state index is 12.2. The molecular formula is C22H27N3O3. The van der Waals surface area contributed by atoms with Crippen LogP contribution in [0.5, 0.6) is 5.75 Å². The predicted octanol–water partition coefficient (Wildman–Crippen LogP) is 2.09. The zero-order chi connectivity index (χ0) is 19.8. The van der Waals surface area contributed by atoms with Gasteiger partial charge in [0.15, 0.2) is 0 Å². The Balaban J connectivity index is 1.61. The van der Waals surface area contributed by atoms with E-state index in [9.17, 15) is 9.59 Å². The molecule has 2 aromatic carbocycles. The maximum Gasteiger partial charge on any atom is 0.242 e. The van der Waals surface area contributed by atoms with E-state index in [2.05, 4.69) is 22.3 Å². The molecule has 0 bridgehead atoms. The standard InChI is InChI=1S/C22H27N3O3/c1-18(26)23-16-22(27)25-14-12-24(13-15-25)21(19-8-4-2-5-9-19)17-28-20-10-6-3-7-11-20/h2-11,21H,12-17H2,1H3,(H,23,26). The minimum Gasteiger partial charge on any atom is -0.492 e. The van der Waals surface area contributed by atoms with Crippen molar-refractivity contribution in [2.45, 2.75) is 13.0 Å². The molecule has 0 aromatic heterocycles. The Bertz CT molecular complexity index is 759. The number of para-hydroxylation sites is 1. The molecule has 6 nitrogen and oxygen atoms in total. The third-order valence-electron chi connectivity index (χ3n) is 4.93. The fourth-order valence-corrected chi connectivity index (χ4v) is 3.37. The van der Waals surface area contributed by atoms with Crippen LogP contribution in [0, 0.1) is 0 Å². The number of ether oxygens (including phenoxy) is 1. The molecule has 0 aliphatic carbocycles. The van der Waals surface area contributed by atoms with Gasteiger partial charge in [0.25, 0.3) is 0 Å². The number of nitrogens with one attached hydrogen (secondary N) is 1. The molecule has 1 saturated heterocycles. The van der Waals surface area contributed by atoms with Gasteiger partial charge in [-0.05, 0) is 17.7 Å². The molecule has 1 fully saturated rings. The summed E-state index contributed by atoms with van der Waals surface area (Å²) in [4.78, 5) is 27.4. The average molecular weight is 381 g/mol. The van der Waals surface area contributed by atoms with E-state index in [0.717, 1.165) is 18.8 Å². The molecule has 1 aliphatic heterocycles. The topological polar surface area (TPSA) is 61.9 Å². The van der Waals surface area contributed by atoms with Gasteiger partial charge in [-0.25, -0.2) is 0 Å². The van der Waals surface area contributed by atoms with Gasteiger partial charge in [0, 0.05) is 33.1 Å². The molecule has 0 spiro atoms. The van der Waals surface area contributed by atoms with Gasteiger partial charge in [-0.1, -0.05) is 48.5 Å². The van der Waals surface area contributed by atoms with Crippen molar-refractivity contribution in [1.29, 1.82) is 0 Å². The lowest BCUT2D eigenvalue weighted by atomic mass is 10.0. The molecule has 6 heteroatoms. The molecule has 1 unspecified atom stereocenters. The number of nitrogens with zero attached hydrogens (tertiary/aromatic N) is 2. The van der Waals surface area contributed by atoms with E-state index in [0.29, 0.717) is 19.7 Å². The smallest absolute Gasteiger partial charge is 0.242 e. The summed E-state index contributed by atoms with van der Waals surface area (Å²) in [5, 5.41) is 2.58. The lowest BCUT2D eigenvalue weighted by Crippen LogP contribution is -2.52. The summed E-state index contributed by atoms with van der Waals surface area (Å²) in [6, 6.07) is 20.3. The molecule has 0 saturated carbocycles. The fraction of sp³-hybridized carbons (Fsp3) is 0.364. The maximum absolute atomic E-state index is 12.2. The highest BCUT2D eigenvalue weighted by Gasteiger charge is 2.27. The minimum absolute atomic E-state index is 0.0355. The Hall–Kier alpha value is -2.86. The molecule has 0 radical (unpaired) electrons. The number of amides is 2. The highest BCUT2D eigenvalue weighted by Crippen LogP contribution is 2.24. The third kappa shape index (κ3) is 5.57. The highest BCUT2D eigenvalue weighted by molar-refractivity contribution is 5.83. The van der Waals surface area contributed by atoms with Crippen LogP contribution in [0.2, 0.25) is 0 Å². The molecule has 1 heterocycles. The van der Waals surface area contributed by atoms with Crippen molar-refractivity contribution < 1.29 is 14.3 Å². The summed E-state index contributed by atoms with van der Waals surface area (Å²) in [5.74, 6) is 0.633. The quantitative estimate of drug-likeness (QED) is 0.798. The summed E-state index contributed by atoms with van der Waals surface area (Å²) in [6.45, 7) is 4.86. The molecule has 148 valence electrons. The Morgan fingerprint density at radius 3 is 2.18 bits per heavy atom. The minimum atomic E-state index is -0.186. The van der Waals surface area contributed by atoms with Gasteiger partial charge < -0.3 is 15.0 Å². The number of hydrogen-bond acceptors (Lipinski definition) is 4. The second kappa shape index (κ2) is 9.90. The number of piperazine rings is 1. The summed E-state index contributed by atoms with van der Waals surface area (Å²) >= 11 is 0. The van der Waals surface area contributed by atoms with Gasteiger partial charge in [-0.3, -0.25) is 14.5 Å². The number of hydrogen-bond donors (Lipinski definition) is 1. The zero-order valence-electron chi connectivity index (χ0n) is 16.2. The molecule has 2 amide bonds. The Morgan fingerprint density at radius 2 is 1.57 bits per heavy atom. The van der Waals surface area contributed by atoms with Crippen LogP contribution < -0.4 is 10.1 Å². The second-order valence-corrected chi connectivity index (χ2v) is 6.88. The van der Waals surface area contributed by atoms with Gasteiger partial charge in [0.1, 0.15) is 12.4 Å². The van der Waals surface area contributed by atoms with Crippen molar-refractivity contribution in [2.24, 2.45) is 0 Å². The average Bonchev–Trinajstić information content (AvgIpc) is 2.74. The highest BCUT2D eigenvalue weighted by atomic mass is 16.5. The van der Waals surface area contributed by atoms with E-state index >= 15 is 0 Å². The van der Waals surface area contributed by atoms with Gasteiger partial charge in [0.2, 0.25) is 11.8 Å². The van der Waals surface area contributed by atoms with E-state index < -0.39 is 0 Å². The van der Waals surface area contributed by atoms with Crippen molar-refractivity contribution in [3.05, 3.63) is 66.2 Å². The monoisotopic (exact) mass is 381 g/mol. The van der Waals surface area contributed by atoms with E-state index in [4.69, 9.17) is 4.74 Å². The molecule has 28 heavy (non-hydrogen) atoms. The summed E-state index contributed by atoms with van der Waals surface area (Å²) < 4.78 is 6.05. The van der Waals surface area contributed by atoms with Crippen LogP contribution in [0.1, 0.15) is 18.5 Å². The SMILES string of the molecule is CC(=O)NCC(=O)N1CCN(C(COc2ccccc2)c2ccccc2)CC1. The molecule has 2 aromatic rings. The summed E-state index contributed by atoms with van der Waals surface area (Å²) in [5.41, 5.74) is 1.21. The second-order valence-electron chi connectivity index (χ2n) is 6.88. The molecule has 1 aliphatic rings. The number of rotatable bonds is 7. The Labute approximate surface area is 166 Å². The van der Waals surface area contributed by atoms with Crippen LogP contribution in [0.3, 0.4) is 0 Å². The largest absolute Gasteiger partial charge is 0.492 e. The Morgan fingerprint density at radius 1 is 0.964 bits per heavy atom. The van der Waals surface area contributed by atoms with Crippen molar-refractivity contribution in [1.82, 2.24) is 15.1 Å². The summed E-state index contributed by atoms with van der Waals surface area (Å²) in [6.07, 6.45) is 0. The first kappa shape index (κ1) is 19.9. The molecule has 3 rings (SSSR count). The fourth-order valence-electron chi connectivity index (χ4n) is 3.37.